The van der Waals surface area contributed by atoms with Gasteiger partial charge in [0.15, 0.2) is 17.9 Å². The minimum atomic E-state index is -1.12. The van der Waals surface area contributed by atoms with Crippen molar-refractivity contribution < 1.29 is 24.5 Å². The van der Waals surface area contributed by atoms with Crippen LogP contribution < -0.4 is 16.0 Å². The molecule has 170 valence electrons. The standard InChI is InChI=1S/C18H23N5O5S.C2H6/c1-27-18(26)9-4-2-3-5-11(9)29-6-10-13(24)14(25)17(28-10)23-8-22-12-15(19)20-7-21-16(12)23;1-2/h4-5,7,10,13-14,17,22,24-25H,2-3,6,8H2,1H3,(H2,19,20,21);1-2H3/t10-,13-,14-,17-;/m1./s1. The number of thioether (sulfide) groups is 1. The minimum absolute atomic E-state index is 0.309. The van der Waals surface area contributed by atoms with E-state index in [0.717, 1.165) is 17.7 Å². The Kier molecular flexibility index (Phi) is 7.76. The van der Waals surface area contributed by atoms with Crippen molar-refractivity contribution in [3.8, 4) is 0 Å². The first kappa shape index (κ1) is 23.3. The monoisotopic (exact) mass is 451 g/mol. The van der Waals surface area contributed by atoms with Crippen LogP contribution >= 0.6 is 11.8 Å². The quantitative estimate of drug-likeness (QED) is 0.480. The Morgan fingerprint density at radius 3 is 2.81 bits per heavy atom. The summed E-state index contributed by atoms with van der Waals surface area (Å²) in [5, 5.41) is 24.2. The number of rotatable bonds is 5. The number of aliphatic hydroxyl groups excluding tert-OH is 2. The largest absolute Gasteiger partial charge is 0.465 e. The maximum absolute atomic E-state index is 12.0. The second-order valence-electron chi connectivity index (χ2n) is 6.87. The number of allylic oxidation sites excluding steroid dienone is 2. The van der Waals surface area contributed by atoms with Crippen LogP contribution in [0.2, 0.25) is 0 Å². The number of aliphatic hydroxyl groups is 2. The fourth-order valence-electron chi connectivity index (χ4n) is 3.61. The molecule has 0 spiro atoms. The summed E-state index contributed by atoms with van der Waals surface area (Å²) < 4.78 is 10.8. The van der Waals surface area contributed by atoms with Gasteiger partial charge in [-0.05, 0) is 12.8 Å². The normalized spacial score (nSPS) is 26.8. The van der Waals surface area contributed by atoms with E-state index >= 15 is 0 Å². The molecule has 0 bridgehead atoms. The summed E-state index contributed by atoms with van der Waals surface area (Å²) in [4.78, 5) is 22.6. The van der Waals surface area contributed by atoms with Gasteiger partial charge in [0.25, 0.3) is 0 Å². The number of hydrogen-bond acceptors (Lipinski definition) is 11. The molecule has 0 saturated carbocycles. The van der Waals surface area contributed by atoms with Crippen LogP contribution in [-0.4, -0.2) is 70.2 Å². The summed E-state index contributed by atoms with van der Waals surface area (Å²) in [6, 6.07) is 0. The number of methoxy groups -OCH3 is 1. The smallest absolute Gasteiger partial charge is 0.338 e. The summed E-state index contributed by atoms with van der Waals surface area (Å²) in [6.07, 6.45) is 3.19. The number of nitrogens with two attached hydrogens (primary N) is 1. The molecule has 31 heavy (non-hydrogen) atoms. The van der Waals surface area contributed by atoms with Crippen molar-refractivity contribution in [2.45, 2.75) is 51.2 Å². The van der Waals surface area contributed by atoms with Crippen LogP contribution in [0, 0.1) is 0 Å². The zero-order valence-electron chi connectivity index (χ0n) is 17.8. The van der Waals surface area contributed by atoms with Crippen LogP contribution in [-0.2, 0) is 14.3 Å². The molecular formula is C20H29N5O5S. The van der Waals surface area contributed by atoms with Gasteiger partial charge in [0.1, 0.15) is 24.2 Å². The number of hydrogen-bond donors (Lipinski definition) is 4. The van der Waals surface area contributed by atoms with E-state index in [9.17, 15) is 15.0 Å². The number of carbonyl (C=O) groups is 1. The van der Waals surface area contributed by atoms with Crippen molar-refractivity contribution in [2.75, 3.05) is 35.5 Å². The average Bonchev–Trinajstić information content (AvgIpc) is 3.35. The van der Waals surface area contributed by atoms with Gasteiger partial charge in [-0.3, -0.25) is 0 Å². The van der Waals surface area contributed by atoms with Crippen LogP contribution in [0.3, 0.4) is 0 Å². The first-order chi connectivity index (χ1) is 15.0. The lowest BCUT2D eigenvalue weighted by Crippen LogP contribution is -2.44. The maximum atomic E-state index is 12.0. The predicted molar refractivity (Wildman–Crippen MR) is 119 cm³/mol. The van der Waals surface area contributed by atoms with Gasteiger partial charge in [-0.2, -0.15) is 0 Å². The molecule has 1 aromatic rings. The molecule has 11 heteroatoms. The third-order valence-corrected chi connectivity index (χ3v) is 6.31. The molecule has 0 radical (unpaired) electrons. The van der Waals surface area contributed by atoms with Crippen molar-refractivity contribution in [1.29, 1.82) is 0 Å². The van der Waals surface area contributed by atoms with E-state index in [-0.39, 0.29) is 5.97 Å². The number of carbonyl (C=O) groups excluding carboxylic acids is 1. The van der Waals surface area contributed by atoms with Crippen LogP contribution in [0.25, 0.3) is 0 Å². The third-order valence-electron chi connectivity index (χ3n) is 5.12. The Labute approximate surface area is 185 Å². The molecule has 0 amide bonds. The minimum Gasteiger partial charge on any atom is -0.465 e. The van der Waals surface area contributed by atoms with Gasteiger partial charge in [-0.1, -0.05) is 26.0 Å². The van der Waals surface area contributed by atoms with E-state index in [4.69, 9.17) is 15.2 Å². The zero-order valence-corrected chi connectivity index (χ0v) is 18.6. The molecule has 1 aromatic heterocycles. The van der Waals surface area contributed by atoms with E-state index in [1.54, 1.807) is 4.90 Å². The maximum Gasteiger partial charge on any atom is 0.338 e. The molecule has 3 heterocycles. The van der Waals surface area contributed by atoms with Crippen LogP contribution in [0.4, 0.5) is 17.3 Å². The first-order valence-electron chi connectivity index (χ1n) is 10.3. The van der Waals surface area contributed by atoms with Crippen LogP contribution in [0.15, 0.2) is 29.0 Å². The molecule has 1 saturated heterocycles. The second-order valence-corrected chi connectivity index (χ2v) is 7.94. The molecule has 1 aliphatic carbocycles. The molecule has 4 rings (SSSR count). The van der Waals surface area contributed by atoms with Gasteiger partial charge < -0.3 is 35.6 Å². The SMILES string of the molecule is CC.COC(=O)C1=CCCC=C1SC[C@H]1O[C@@H](N2CNc3c(N)ncnc32)[C@H](O)[C@@H]1O. The van der Waals surface area contributed by atoms with Gasteiger partial charge >= 0.3 is 5.97 Å². The number of anilines is 3. The summed E-state index contributed by atoms with van der Waals surface area (Å²) in [6.45, 7) is 4.33. The van der Waals surface area contributed by atoms with Crippen molar-refractivity contribution in [3.63, 3.8) is 0 Å². The van der Waals surface area contributed by atoms with E-state index in [1.165, 1.54) is 25.2 Å². The van der Waals surface area contributed by atoms with Gasteiger partial charge in [-0.25, -0.2) is 14.8 Å². The second kappa shape index (κ2) is 10.3. The van der Waals surface area contributed by atoms with Crippen LogP contribution in [0.5, 0.6) is 0 Å². The molecule has 0 aromatic carbocycles. The molecule has 5 N–H and O–H groups in total. The topological polar surface area (TPSA) is 143 Å². The fourth-order valence-corrected chi connectivity index (χ4v) is 4.78. The number of aromatic nitrogens is 2. The average molecular weight is 452 g/mol. The number of nitrogen functional groups attached to an aromatic ring is 1. The highest BCUT2D eigenvalue weighted by atomic mass is 32.2. The van der Waals surface area contributed by atoms with Crippen molar-refractivity contribution >= 4 is 35.1 Å². The Morgan fingerprint density at radius 1 is 1.32 bits per heavy atom. The lowest BCUT2D eigenvalue weighted by atomic mass is 10.1. The summed E-state index contributed by atoms with van der Waals surface area (Å²) >= 11 is 1.40. The Morgan fingerprint density at radius 2 is 2.06 bits per heavy atom. The van der Waals surface area contributed by atoms with E-state index < -0.39 is 24.5 Å². The summed E-state index contributed by atoms with van der Waals surface area (Å²) in [5.74, 6) is 0.817. The Balaban J connectivity index is 0.00000132. The molecule has 2 aliphatic heterocycles. The van der Waals surface area contributed by atoms with Gasteiger partial charge in [0.05, 0.1) is 25.5 Å². The number of esters is 1. The number of ether oxygens (including phenoxy) is 2. The van der Waals surface area contributed by atoms with Crippen molar-refractivity contribution in [2.24, 2.45) is 0 Å². The van der Waals surface area contributed by atoms with Gasteiger partial charge in [0, 0.05) is 10.7 Å². The lowest BCUT2D eigenvalue weighted by molar-refractivity contribution is -0.135. The fraction of sp³-hybridized carbons (Fsp3) is 0.550. The number of nitrogens with zero attached hydrogens (tertiary/aromatic N) is 3. The Hall–Kier alpha value is -2.34. The van der Waals surface area contributed by atoms with E-state index in [1.807, 2.05) is 26.0 Å². The van der Waals surface area contributed by atoms with Crippen molar-refractivity contribution in [3.05, 3.63) is 29.0 Å². The lowest BCUT2D eigenvalue weighted by Gasteiger charge is -2.26. The van der Waals surface area contributed by atoms with Crippen LogP contribution in [0.1, 0.15) is 26.7 Å². The number of nitrogens with one attached hydrogen (secondary N) is 1. The summed E-state index contributed by atoms with van der Waals surface area (Å²) in [7, 11) is 1.35. The molecular weight excluding hydrogens is 422 g/mol. The molecule has 1 fully saturated rings. The molecule has 0 unspecified atom stereocenters. The molecule has 10 nitrogen and oxygen atoms in total. The number of fused-ring (bicyclic) bond motifs is 1. The summed E-state index contributed by atoms with van der Waals surface area (Å²) in [5.41, 5.74) is 6.96. The van der Waals surface area contributed by atoms with Gasteiger partial charge in [-0.15, -0.1) is 11.8 Å². The van der Waals surface area contributed by atoms with E-state index in [2.05, 4.69) is 15.3 Å². The highest BCUT2D eigenvalue weighted by molar-refractivity contribution is 8.03. The first-order valence-corrected chi connectivity index (χ1v) is 11.2. The van der Waals surface area contributed by atoms with Gasteiger partial charge in [0.2, 0.25) is 0 Å². The Bertz CT molecular complexity index is 864. The molecule has 3 aliphatic rings. The highest BCUT2D eigenvalue weighted by Crippen LogP contribution is 2.39. The zero-order chi connectivity index (χ0) is 22.5. The van der Waals surface area contributed by atoms with Crippen molar-refractivity contribution in [1.82, 2.24) is 9.97 Å². The molecule has 4 atom stereocenters. The van der Waals surface area contributed by atoms with E-state index in [0.29, 0.717) is 35.3 Å². The third kappa shape index (κ3) is 4.64. The highest BCUT2D eigenvalue weighted by Gasteiger charge is 2.47. The predicted octanol–water partition coefficient (Wildman–Crippen LogP) is 1.23.